The second kappa shape index (κ2) is 5.94. The number of aromatic nitrogens is 3. The normalized spacial score (nSPS) is 11.7. The van der Waals surface area contributed by atoms with Crippen molar-refractivity contribution in [3.8, 4) is 0 Å². The fourth-order valence-corrected chi connectivity index (χ4v) is 1.70. The van der Waals surface area contributed by atoms with E-state index >= 15 is 0 Å². The summed E-state index contributed by atoms with van der Waals surface area (Å²) in [6.45, 7) is 3.29. The van der Waals surface area contributed by atoms with Crippen molar-refractivity contribution in [1.82, 2.24) is 15.2 Å². The van der Waals surface area contributed by atoms with Gasteiger partial charge in [-0.05, 0) is 19.1 Å². The minimum Gasteiger partial charge on any atom is -0.409 e. The van der Waals surface area contributed by atoms with E-state index < -0.39 is 0 Å². The third-order valence-electron chi connectivity index (χ3n) is 2.78. The standard InChI is InChI=1S/C12H16N6O/c1-2-18(8-7-11(13)17-19)12-14-9-5-3-4-6-10(9)15-16-12/h3-6,19H,2,7-8H2,1H3,(H2,13,17). The number of fused-ring (bicyclic) bond motifs is 1. The average Bonchev–Trinajstić information content (AvgIpc) is 2.47. The van der Waals surface area contributed by atoms with Gasteiger partial charge in [-0.1, -0.05) is 17.3 Å². The minimum atomic E-state index is 0.187. The molecule has 2 rings (SSSR count). The van der Waals surface area contributed by atoms with Crippen molar-refractivity contribution in [2.75, 3.05) is 18.0 Å². The topological polar surface area (TPSA) is 101 Å². The summed E-state index contributed by atoms with van der Waals surface area (Å²) < 4.78 is 0. The molecule has 19 heavy (non-hydrogen) atoms. The molecule has 0 bridgehead atoms. The summed E-state index contributed by atoms with van der Waals surface area (Å²) in [5.74, 6) is 0.735. The monoisotopic (exact) mass is 260 g/mol. The van der Waals surface area contributed by atoms with Gasteiger partial charge < -0.3 is 15.8 Å². The summed E-state index contributed by atoms with van der Waals surface area (Å²) >= 11 is 0. The summed E-state index contributed by atoms with van der Waals surface area (Å²) in [6, 6.07) is 7.57. The first-order valence-electron chi connectivity index (χ1n) is 6.05. The Labute approximate surface area is 110 Å². The zero-order valence-electron chi connectivity index (χ0n) is 10.7. The lowest BCUT2D eigenvalue weighted by atomic mass is 10.3. The van der Waals surface area contributed by atoms with E-state index in [4.69, 9.17) is 10.9 Å². The number of amidine groups is 1. The highest BCUT2D eigenvalue weighted by atomic mass is 16.4. The van der Waals surface area contributed by atoms with E-state index in [1.54, 1.807) is 0 Å². The van der Waals surface area contributed by atoms with E-state index in [9.17, 15) is 0 Å². The zero-order chi connectivity index (χ0) is 13.7. The molecule has 7 heteroatoms. The average molecular weight is 260 g/mol. The Morgan fingerprint density at radius 2 is 2.05 bits per heavy atom. The molecule has 2 aromatic rings. The number of anilines is 1. The van der Waals surface area contributed by atoms with Crippen LogP contribution < -0.4 is 10.6 Å². The summed E-state index contributed by atoms with van der Waals surface area (Å²) in [6.07, 6.45) is 0.445. The molecular weight excluding hydrogens is 244 g/mol. The fraction of sp³-hybridized carbons (Fsp3) is 0.333. The van der Waals surface area contributed by atoms with E-state index in [-0.39, 0.29) is 5.84 Å². The first-order chi connectivity index (χ1) is 9.24. The van der Waals surface area contributed by atoms with Crippen LogP contribution in [0.3, 0.4) is 0 Å². The number of oxime groups is 1. The van der Waals surface area contributed by atoms with Crippen molar-refractivity contribution in [3.05, 3.63) is 24.3 Å². The van der Waals surface area contributed by atoms with Gasteiger partial charge in [0.25, 0.3) is 0 Å². The SMILES string of the molecule is CCN(CC/C(N)=N/O)c1nnc2ccccc2n1. The zero-order valence-corrected chi connectivity index (χ0v) is 10.7. The third-order valence-corrected chi connectivity index (χ3v) is 2.78. The van der Waals surface area contributed by atoms with Gasteiger partial charge in [0, 0.05) is 19.5 Å². The Morgan fingerprint density at radius 1 is 1.32 bits per heavy atom. The van der Waals surface area contributed by atoms with Gasteiger partial charge in [-0.15, -0.1) is 10.2 Å². The lowest BCUT2D eigenvalue weighted by Gasteiger charge is -2.19. The second-order valence-electron chi connectivity index (χ2n) is 4.02. The maximum absolute atomic E-state index is 8.53. The molecule has 1 heterocycles. The molecule has 0 saturated heterocycles. The minimum absolute atomic E-state index is 0.187. The Balaban J connectivity index is 2.20. The van der Waals surface area contributed by atoms with Gasteiger partial charge in [-0.2, -0.15) is 0 Å². The Hall–Kier alpha value is -2.44. The summed E-state index contributed by atoms with van der Waals surface area (Å²) in [5.41, 5.74) is 7.02. The molecule has 7 nitrogen and oxygen atoms in total. The number of rotatable bonds is 5. The third kappa shape index (κ3) is 3.06. The highest BCUT2D eigenvalue weighted by Crippen LogP contribution is 2.12. The molecule has 0 radical (unpaired) electrons. The molecule has 1 aromatic heterocycles. The molecule has 0 atom stereocenters. The van der Waals surface area contributed by atoms with Crippen LogP contribution in [0.25, 0.3) is 11.0 Å². The second-order valence-corrected chi connectivity index (χ2v) is 4.02. The highest BCUT2D eigenvalue weighted by Gasteiger charge is 2.10. The van der Waals surface area contributed by atoms with Crippen LogP contribution in [0.15, 0.2) is 29.4 Å². The molecule has 0 aliphatic carbocycles. The van der Waals surface area contributed by atoms with Crippen molar-refractivity contribution >= 4 is 22.8 Å². The van der Waals surface area contributed by atoms with Crippen molar-refractivity contribution in [2.24, 2.45) is 10.9 Å². The van der Waals surface area contributed by atoms with Gasteiger partial charge in [0.2, 0.25) is 5.95 Å². The van der Waals surface area contributed by atoms with Crippen LogP contribution in [0.4, 0.5) is 5.95 Å². The number of nitrogens with two attached hydrogens (primary N) is 1. The molecule has 0 aliphatic heterocycles. The van der Waals surface area contributed by atoms with Gasteiger partial charge in [0.05, 0.1) is 5.52 Å². The van der Waals surface area contributed by atoms with Gasteiger partial charge in [-0.25, -0.2) is 4.98 Å². The van der Waals surface area contributed by atoms with Crippen LogP contribution in [-0.2, 0) is 0 Å². The van der Waals surface area contributed by atoms with Crippen molar-refractivity contribution in [3.63, 3.8) is 0 Å². The smallest absolute Gasteiger partial charge is 0.245 e. The molecule has 100 valence electrons. The van der Waals surface area contributed by atoms with Crippen LogP contribution in [0.5, 0.6) is 0 Å². The van der Waals surface area contributed by atoms with Gasteiger partial charge >= 0.3 is 0 Å². The number of hydrogen-bond donors (Lipinski definition) is 2. The van der Waals surface area contributed by atoms with Crippen LogP contribution in [0, 0.1) is 0 Å². The van der Waals surface area contributed by atoms with Crippen LogP contribution in [0.2, 0.25) is 0 Å². The first kappa shape index (κ1) is 13.0. The maximum Gasteiger partial charge on any atom is 0.245 e. The van der Waals surface area contributed by atoms with E-state index in [0.717, 1.165) is 17.6 Å². The largest absolute Gasteiger partial charge is 0.409 e. The molecule has 1 aromatic carbocycles. The van der Waals surface area contributed by atoms with E-state index in [1.165, 1.54) is 0 Å². The van der Waals surface area contributed by atoms with Crippen LogP contribution in [-0.4, -0.2) is 39.3 Å². The van der Waals surface area contributed by atoms with Crippen molar-refractivity contribution in [2.45, 2.75) is 13.3 Å². The van der Waals surface area contributed by atoms with Gasteiger partial charge in [0.1, 0.15) is 11.4 Å². The van der Waals surface area contributed by atoms with E-state index in [2.05, 4.69) is 20.3 Å². The number of benzene rings is 1. The molecule has 0 unspecified atom stereocenters. The van der Waals surface area contributed by atoms with Gasteiger partial charge in [0.15, 0.2) is 0 Å². The maximum atomic E-state index is 8.53. The lowest BCUT2D eigenvalue weighted by Crippen LogP contribution is -2.29. The summed E-state index contributed by atoms with van der Waals surface area (Å²) in [7, 11) is 0. The quantitative estimate of drug-likeness (QED) is 0.360. The Kier molecular flexibility index (Phi) is 4.07. The van der Waals surface area contributed by atoms with Crippen LogP contribution in [0.1, 0.15) is 13.3 Å². The number of para-hydroxylation sites is 1. The predicted octanol–water partition coefficient (Wildman–Crippen LogP) is 0.988. The van der Waals surface area contributed by atoms with Crippen molar-refractivity contribution in [1.29, 1.82) is 0 Å². The fourth-order valence-electron chi connectivity index (χ4n) is 1.70. The van der Waals surface area contributed by atoms with Crippen LogP contribution >= 0.6 is 0 Å². The molecule has 0 fully saturated rings. The predicted molar refractivity (Wildman–Crippen MR) is 73.2 cm³/mol. The molecule has 3 N–H and O–H groups in total. The highest BCUT2D eigenvalue weighted by molar-refractivity contribution is 5.80. The molecule has 0 amide bonds. The summed E-state index contributed by atoms with van der Waals surface area (Å²) in [5, 5.41) is 19.7. The number of hydrogen-bond acceptors (Lipinski definition) is 6. The number of nitrogens with zero attached hydrogens (tertiary/aromatic N) is 5. The van der Waals surface area contributed by atoms with E-state index in [1.807, 2.05) is 36.1 Å². The molecular formula is C12H16N6O. The Bertz CT molecular complexity index is 585. The summed E-state index contributed by atoms with van der Waals surface area (Å²) in [4.78, 5) is 6.39. The van der Waals surface area contributed by atoms with E-state index in [0.29, 0.717) is 18.9 Å². The molecule has 0 spiro atoms. The van der Waals surface area contributed by atoms with Gasteiger partial charge in [-0.3, -0.25) is 0 Å². The van der Waals surface area contributed by atoms with Crippen molar-refractivity contribution < 1.29 is 5.21 Å². The molecule has 0 saturated carbocycles. The Morgan fingerprint density at radius 3 is 2.74 bits per heavy atom. The molecule has 0 aliphatic rings. The lowest BCUT2D eigenvalue weighted by molar-refractivity contribution is 0.317. The first-order valence-corrected chi connectivity index (χ1v) is 6.05.